The third kappa shape index (κ3) is 2.47. The van der Waals surface area contributed by atoms with E-state index in [4.69, 9.17) is 16.7 Å². The molecule has 58 valence electrons. The fraction of sp³-hybridized carbons (Fsp3) is 0.500. The van der Waals surface area contributed by atoms with Gasteiger partial charge in [-0.1, -0.05) is 11.6 Å². The number of rotatable bonds is 3. The zero-order chi connectivity index (χ0) is 8.15. The molecule has 3 nitrogen and oxygen atoms in total. The first-order valence-electron chi connectivity index (χ1n) is 2.67. The van der Waals surface area contributed by atoms with Gasteiger partial charge in [0.2, 0.25) is 0 Å². The number of methoxy groups -OCH3 is 1. The zero-order valence-corrected chi connectivity index (χ0v) is 6.72. The Bertz CT molecular complexity index is 152. The van der Waals surface area contributed by atoms with Gasteiger partial charge < -0.3 is 9.84 Å². The Kier molecular flexibility index (Phi) is 4.27. The quantitative estimate of drug-likeness (QED) is 0.501. The Morgan fingerprint density at radius 3 is 2.40 bits per heavy atom. The molecule has 0 aliphatic heterocycles. The molecular weight excluding hydrogens is 154 g/mol. The lowest BCUT2D eigenvalue weighted by atomic mass is 10.4. The van der Waals surface area contributed by atoms with Gasteiger partial charge in [-0.3, -0.25) is 4.99 Å². The number of aliphatic hydroxyl groups excluding tert-OH is 1. The van der Waals surface area contributed by atoms with E-state index in [0.717, 1.165) is 0 Å². The number of halogens is 1. The van der Waals surface area contributed by atoms with Crippen molar-refractivity contribution >= 4 is 18.3 Å². The molecule has 0 aromatic heterocycles. The summed E-state index contributed by atoms with van der Waals surface area (Å²) >= 11 is 5.52. The molecule has 0 aliphatic rings. The van der Waals surface area contributed by atoms with Gasteiger partial charge in [-0.25, -0.2) is 0 Å². The second kappa shape index (κ2) is 4.44. The van der Waals surface area contributed by atoms with E-state index in [1.165, 1.54) is 7.11 Å². The highest BCUT2D eigenvalue weighted by molar-refractivity contribution is 6.29. The summed E-state index contributed by atoms with van der Waals surface area (Å²) in [5.74, 6) is 0. The van der Waals surface area contributed by atoms with Crippen molar-refractivity contribution in [2.24, 2.45) is 4.99 Å². The van der Waals surface area contributed by atoms with E-state index in [0.29, 0.717) is 5.03 Å². The molecule has 0 aromatic rings. The maximum Gasteiger partial charge on any atom is 0.199 e. The van der Waals surface area contributed by atoms with Crippen LogP contribution in [-0.4, -0.2) is 25.2 Å². The molecule has 0 aromatic carbocycles. The van der Waals surface area contributed by atoms with E-state index < -0.39 is 6.29 Å². The van der Waals surface area contributed by atoms with Crippen LogP contribution in [-0.2, 0) is 4.74 Å². The molecule has 10 heavy (non-hydrogen) atoms. The van der Waals surface area contributed by atoms with Crippen LogP contribution in [0.2, 0.25) is 0 Å². The first-order valence-corrected chi connectivity index (χ1v) is 3.05. The van der Waals surface area contributed by atoms with Crippen LogP contribution >= 0.6 is 11.6 Å². The average molecular weight is 164 g/mol. The predicted octanol–water partition coefficient (Wildman–Crippen LogP) is 1.12. The molecule has 0 saturated carbocycles. The minimum absolute atomic E-state index is 0.254. The van der Waals surface area contributed by atoms with Crippen LogP contribution in [0.1, 0.15) is 6.92 Å². The summed E-state index contributed by atoms with van der Waals surface area (Å²) < 4.78 is 4.54. The summed E-state index contributed by atoms with van der Waals surface area (Å²) in [7, 11) is 1.36. The fourth-order valence-electron chi connectivity index (χ4n) is 0.469. The molecule has 0 saturated heterocycles. The molecule has 0 heterocycles. The van der Waals surface area contributed by atoms with Crippen LogP contribution in [0.5, 0.6) is 0 Å². The van der Waals surface area contributed by atoms with Crippen LogP contribution in [0.25, 0.3) is 0 Å². The van der Waals surface area contributed by atoms with Gasteiger partial charge in [0.15, 0.2) is 6.29 Å². The lowest BCUT2D eigenvalue weighted by Crippen LogP contribution is -2.11. The predicted molar refractivity (Wildman–Crippen MR) is 41.1 cm³/mol. The van der Waals surface area contributed by atoms with Crippen molar-refractivity contribution in [2.75, 3.05) is 7.11 Å². The number of nitrogens with zero attached hydrogens (tertiary/aromatic N) is 1. The highest BCUT2D eigenvalue weighted by Gasteiger charge is 2.09. The number of allylic oxidation sites excluding steroid dienone is 1. The van der Waals surface area contributed by atoms with Gasteiger partial charge >= 0.3 is 0 Å². The van der Waals surface area contributed by atoms with Gasteiger partial charge in [0, 0.05) is 12.1 Å². The first-order chi connectivity index (χ1) is 4.63. The largest absolute Gasteiger partial charge is 0.363 e. The molecular formula is C6H10ClNO2. The van der Waals surface area contributed by atoms with Gasteiger partial charge in [-0.15, -0.1) is 0 Å². The molecule has 0 rings (SSSR count). The molecule has 0 fully saturated rings. The normalized spacial score (nSPS) is 16.0. The average Bonchev–Trinajstić information content (AvgIpc) is 1.88. The van der Waals surface area contributed by atoms with E-state index in [1.807, 2.05) is 0 Å². The van der Waals surface area contributed by atoms with Crippen LogP contribution in [0, 0.1) is 0 Å². The van der Waals surface area contributed by atoms with Gasteiger partial charge in [0.25, 0.3) is 0 Å². The monoisotopic (exact) mass is 163 g/mol. The van der Waals surface area contributed by atoms with Crippen molar-refractivity contribution in [3.63, 3.8) is 0 Å². The molecule has 0 radical (unpaired) electrons. The van der Waals surface area contributed by atoms with Crippen LogP contribution in [0.4, 0.5) is 0 Å². The highest BCUT2D eigenvalue weighted by atomic mass is 35.5. The summed E-state index contributed by atoms with van der Waals surface area (Å²) in [5.41, 5.74) is 0.254. The molecule has 0 amide bonds. The van der Waals surface area contributed by atoms with E-state index in [-0.39, 0.29) is 5.70 Å². The number of hydrogen-bond acceptors (Lipinski definition) is 3. The minimum atomic E-state index is -1.07. The minimum Gasteiger partial charge on any atom is -0.363 e. The summed E-state index contributed by atoms with van der Waals surface area (Å²) in [6.07, 6.45) is -1.07. The third-order valence-electron chi connectivity index (χ3n) is 0.980. The van der Waals surface area contributed by atoms with Crippen LogP contribution in [0.15, 0.2) is 15.7 Å². The van der Waals surface area contributed by atoms with E-state index in [2.05, 4.69) is 16.4 Å². The third-order valence-corrected chi connectivity index (χ3v) is 1.17. The number of hydrogen-bond donors (Lipinski definition) is 1. The van der Waals surface area contributed by atoms with Crippen molar-refractivity contribution < 1.29 is 9.84 Å². The smallest absolute Gasteiger partial charge is 0.199 e. The molecule has 0 spiro atoms. The zero-order valence-electron chi connectivity index (χ0n) is 5.97. The highest BCUT2D eigenvalue weighted by Crippen LogP contribution is 2.13. The Labute approximate surface area is 65.0 Å². The number of aliphatic hydroxyl groups is 1. The summed E-state index contributed by atoms with van der Waals surface area (Å²) in [5, 5.41) is 9.37. The Morgan fingerprint density at radius 1 is 1.80 bits per heavy atom. The molecule has 0 aliphatic carbocycles. The standard InChI is InChI=1S/C6H10ClNO2/c1-4(7)5(8-2)6(9)10-3/h6,9H,2H2,1,3H3. The topological polar surface area (TPSA) is 41.8 Å². The second-order valence-corrected chi connectivity index (χ2v) is 2.23. The van der Waals surface area contributed by atoms with Gasteiger partial charge in [-0.2, -0.15) is 0 Å². The summed E-state index contributed by atoms with van der Waals surface area (Å²) in [6.45, 7) is 4.82. The van der Waals surface area contributed by atoms with E-state index in [9.17, 15) is 0 Å². The van der Waals surface area contributed by atoms with Gasteiger partial charge in [0.05, 0.1) is 0 Å². The first kappa shape index (κ1) is 9.62. The van der Waals surface area contributed by atoms with Crippen molar-refractivity contribution in [2.45, 2.75) is 13.2 Å². The Balaban J connectivity index is 4.36. The summed E-state index contributed by atoms with van der Waals surface area (Å²) in [6, 6.07) is 0. The molecule has 4 heteroatoms. The van der Waals surface area contributed by atoms with Crippen molar-refractivity contribution in [1.29, 1.82) is 0 Å². The van der Waals surface area contributed by atoms with E-state index >= 15 is 0 Å². The SMILES string of the molecule is C=NC(=C(C)Cl)C(O)OC. The molecule has 1 atom stereocenters. The lowest BCUT2D eigenvalue weighted by molar-refractivity contribution is -0.0455. The molecule has 1 unspecified atom stereocenters. The maximum absolute atomic E-state index is 8.99. The van der Waals surface area contributed by atoms with Crippen molar-refractivity contribution in [3.8, 4) is 0 Å². The van der Waals surface area contributed by atoms with Gasteiger partial charge in [-0.05, 0) is 13.6 Å². The number of ether oxygens (including phenoxy) is 1. The van der Waals surface area contributed by atoms with Crippen molar-refractivity contribution in [3.05, 3.63) is 10.7 Å². The number of aliphatic imine (C=N–C) groups is 1. The van der Waals surface area contributed by atoms with Crippen LogP contribution < -0.4 is 0 Å². The molecule has 1 N–H and O–H groups in total. The fourth-order valence-corrected chi connectivity index (χ4v) is 0.622. The van der Waals surface area contributed by atoms with E-state index in [1.54, 1.807) is 6.92 Å². The maximum atomic E-state index is 8.99. The van der Waals surface area contributed by atoms with Crippen LogP contribution in [0.3, 0.4) is 0 Å². The molecule has 0 bridgehead atoms. The Hall–Kier alpha value is -0.380. The van der Waals surface area contributed by atoms with Crippen molar-refractivity contribution in [1.82, 2.24) is 0 Å². The summed E-state index contributed by atoms with van der Waals surface area (Å²) in [4.78, 5) is 3.48. The second-order valence-electron chi connectivity index (χ2n) is 1.66. The Morgan fingerprint density at radius 2 is 2.30 bits per heavy atom. The lowest BCUT2D eigenvalue weighted by Gasteiger charge is -2.08. The van der Waals surface area contributed by atoms with Gasteiger partial charge in [0.1, 0.15) is 5.70 Å².